The zero-order valence-corrected chi connectivity index (χ0v) is 13.5. The highest BCUT2D eigenvalue weighted by atomic mass is 32.1. The predicted molar refractivity (Wildman–Crippen MR) is 85.6 cm³/mol. The molecule has 0 aromatic carbocycles. The molecule has 22 heavy (non-hydrogen) atoms. The van der Waals surface area contributed by atoms with E-state index in [1.54, 1.807) is 23.7 Å². The molecule has 1 amide bonds. The van der Waals surface area contributed by atoms with Gasteiger partial charge in [-0.25, -0.2) is 4.98 Å². The SMILES string of the molecule is C[C@@H]1CN(C(=O)Cc2csc(-c3cccnc3)n2)C[C@H](C)O1. The summed E-state index contributed by atoms with van der Waals surface area (Å²) in [6.45, 7) is 5.31. The monoisotopic (exact) mass is 317 g/mol. The van der Waals surface area contributed by atoms with Crippen LogP contribution in [0.4, 0.5) is 0 Å². The van der Waals surface area contributed by atoms with Gasteiger partial charge in [-0.05, 0) is 26.0 Å². The smallest absolute Gasteiger partial charge is 0.228 e. The molecule has 2 aromatic heterocycles. The number of carbonyl (C=O) groups is 1. The second-order valence-corrected chi connectivity index (χ2v) is 6.48. The lowest BCUT2D eigenvalue weighted by atomic mass is 10.2. The van der Waals surface area contributed by atoms with Gasteiger partial charge in [-0.1, -0.05) is 0 Å². The molecule has 0 aliphatic carbocycles. The molecule has 1 aliphatic rings. The number of morpholine rings is 1. The van der Waals surface area contributed by atoms with Gasteiger partial charge in [-0.3, -0.25) is 9.78 Å². The van der Waals surface area contributed by atoms with Gasteiger partial charge in [-0.2, -0.15) is 0 Å². The van der Waals surface area contributed by atoms with E-state index >= 15 is 0 Å². The Hall–Kier alpha value is -1.79. The molecule has 0 spiro atoms. The Bertz CT molecular complexity index is 634. The number of ether oxygens (including phenoxy) is 1. The van der Waals surface area contributed by atoms with Crippen molar-refractivity contribution in [2.45, 2.75) is 32.5 Å². The second kappa shape index (κ2) is 6.54. The highest BCUT2D eigenvalue weighted by Crippen LogP contribution is 2.23. The van der Waals surface area contributed by atoms with Crippen LogP contribution in [0.1, 0.15) is 19.5 Å². The minimum atomic E-state index is 0.0917. The van der Waals surface area contributed by atoms with Crippen molar-refractivity contribution in [2.24, 2.45) is 0 Å². The lowest BCUT2D eigenvalue weighted by molar-refractivity contribution is -0.142. The maximum absolute atomic E-state index is 12.4. The van der Waals surface area contributed by atoms with E-state index in [4.69, 9.17) is 4.74 Å². The van der Waals surface area contributed by atoms with Crippen LogP contribution < -0.4 is 0 Å². The second-order valence-electron chi connectivity index (χ2n) is 5.62. The third-order valence-corrected chi connectivity index (χ3v) is 4.51. The van der Waals surface area contributed by atoms with Gasteiger partial charge in [0.15, 0.2) is 0 Å². The highest BCUT2D eigenvalue weighted by molar-refractivity contribution is 7.13. The van der Waals surface area contributed by atoms with E-state index in [2.05, 4.69) is 9.97 Å². The van der Waals surface area contributed by atoms with Gasteiger partial charge in [0.25, 0.3) is 0 Å². The van der Waals surface area contributed by atoms with Crippen molar-refractivity contribution in [3.63, 3.8) is 0 Å². The van der Waals surface area contributed by atoms with E-state index in [0.29, 0.717) is 19.5 Å². The number of amides is 1. The van der Waals surface area contributed by atoms with Gasteiger partial charge < -0.3 is 9.64 Å². The van der Waals surface area contributed by atoms with Crippen LogP contribution in [0.5, 0.6) is 0 Å². The van der Waals surface area contributed by atoms with E-state index in [9.17, 15) is 4.79 Å². The Morgan fingerprint density at radius 3 is 2.86 bits per heavy atom. The molecule has 3 heterocycles. The first kappa shape index (κ1) is 15.1. The largest absolute Gasteiger partial charge is 0.372 e. The van der Waals surface area contributed by atoms with Gasteiger partial charge in [0, 0.05) is 36.4 Å². The first-order valence-corrected chi connectivity index (χ1v) is 8.28. The molecular weight excluding hydrogens is 298 g/mol. The van der Waals surface area contributed by atoms with E-state index in [1.807, 2.05) is 36.3 Å². The minimum Gasteiger partial charge on any atom is -0.372 e. The van der Waals surface area contributed by atoms with Crippen LogP contribution in [0.3, 0.4) is 0 Å². The summed E-state index contributed by atoms with van der Waals surface area (Å²) in [5.41, 5.74) is 1.81. The van der Waals surface area contributed by atoms with Gasteiger partial charge >= 0.3 is 0 Å². The minimum absolute atomic E-state index is 0.0917. The Kier molecular flexibility index (Phi) is 4.49. The Morgan fingerprint density at radius 2 is 2.18 bits per heavy atom. The van der Waals surface area contributed by atoms with Crippen molar-refractivity contribution in [2.75, 3.05) is 13.1 Å². The molecule has 2 atom stereocenters. The maximum Gasteiger partial charge on any atom is 0.228 e. The Labute approximate surface area is 134 Å². The van der Waals surface area contributed by atoms with Crippen LogP contribution in [-0.4, -0.2) is 46.1 Å². The number of carbonyl (C=O) groups excluding carboxylic acids is 1. The molecule has 1 fully saturated rings. The average Bonchev–Trinajstić information content (AvgIpc) is 2.95. The molecule has 0 N–H and O–H groups in total. The van der Waals surface area contributed by atoms with Crippen molar-refractivity contribution in [3.05, 3.63) is 35.6 Å². The van der Waals surface area contributed by atoms with Crippen LogP contribution in [0.25, 0.3) is 10.6 Å². The molecule has 0 saturated carbocycles. The zero-order chi connectivity index (χ0) is 15.5. The van der Waals surface area contributed by atoms with Crippen molar-refractivity contribution in [1.82, 2.24) is 14.9 Å². The summed E-state index contributed by atoms with van der Waals surface area (Å²) in [6, 6.07) is 3.86. The number of hydrogen-bond acceptors (Lipinski definition) is 5. The lowest BCUT2D eigenvalue weighted by Gasteiger charge is -2.35. The van der Waals surface area contributed by atoms with E-state index in [0.717, 1.165) is 16.3 Å². The van der Waals surface area contributed by atoms with Crippen LogP contribution >= 0.6 is 11.3 Å². The normalized spacial score (nSPS) is 21.8. The fourth-order valence-electron chi connectivity index (χ4n) is 2.66. The fraction of sp³-hybridized carbons (Fsp3) is 0.438. The number of pyridine rings is 1. The van der Waals surface area contributed by atoms with E-state index < -0.39 is 0 Å². The zero-order valence-electron chi connectivity index (χ0n) is 12.7. The summed E-state index contributed by atoms with van der Waals surface area (Å²) in [4.78, 5) is 23.0. The molecule has 0 unspecified atom stereocenters. The molecule has 1 aliphatic heterocycles. The number of aromatic nitrogens is 2. The summed E-state index contributed by atoms with van der Waals surface area (Å²) in [7, 11) is 0. The summed E-state index contributed by atoms with van der Waals surface area (Å²) in [6.07, 6.45) is 4.05. The van der Waals surface area contributed by atoms with Crippen LogP contribution in [-0.2, 0) is 16.0 Å². The van der Waals surface area contributed by atoms with Crippen molar-refractivity contribution in [3.8, 4) is 10.6 Å². The molecule has 3 rings (SSSR count). The van der Waals surface area contributed by atoms with E-state index in [-0.39, 0.29) is 18.1 Å². The molecule has 0 radical (unpaired) electrons. The molecule has 1 saturated heterocycles. The van der Waals surface area contributed by atoms with Gasteiger partial charge in [0.2, 0.25) is 5.91 Å². The average molecular weight is 317 g/mol. The number of rotatable bonds is 3. The first-order chi connectivity index (χ1) is 10.6. The number of nitrogens with zero attached hydrogens (tertiary/aromatic N) is 3. The maximum atomic E-state index is 12.4. The van der Waals surface area contributed by atoms with Gasteiger partial charge in [0.1, 0.15) is 5.01 Å². The summed E-state index contributed by atoms with van der Waals surface area (Å²) < 4.78 is 5.66. The Balaban J connectivity index is 1.66. The summed E-state index contributed by atoms with van der Waals surface area (Å²) >= 11 is 1.55. The van der Waals surface area contributed by atoms with Crippen molar-refractivity contribution in [1.29, 1.82) is 0 Å². The molecule has 5 nitrogen and oxygen atoms in total. The Morgan fingerprint density at radius 1 is 1.41 bits per heavy atom. The van der Waals surface area contributed by atoms with Crippen molar-refractivity contribution < 1.29 is 9.53 Å². The van der Waals surface area contributed by atoms with Crippen LogP contribution in [0, 0.1) is 0 Å². The fourth-order valence-corrected chi connectivity index (χ4v) is 3.47. The molecule has 6 heteroatoms. The topological polar surface area (TPSA) is 55.3 Å². The third-order valence-electron chi connectivity index (χ3n) is 3.56. The van der Waals surface area contributed by atoms with Crippen LogP contribution in [0.15, 0.2) is 29.9 Å². The molecule has 2 aromatic rings. The third kappa shape index (κ3) is 3.51. The molecular formula is C16H19N3O2S. The predicted octanol–water partition coefficient (Wildman–Crippen LogP) is 2.38. The standard InChI is InChI=1S/C16H19N3O2S/c1-11-8-19(9-12(2)21-11)15(20)6-14-10-22-16(18-14)13-4-3-5-17-7-13/h3-5,7,10-12H,6,8-9H2,1-2H3/t11-,12+. The first-order valence-electron chi connectivity index (χ1n) is 7.40. The summed E-state index contributed by atoms with van der Waals surface area (Å²) in [5, 5.41) is 2.85. The van der Waals surface area contributed by atoms with Gasteiger partial charge in [-0.15, -0.1) is 11.3 Å². The number of hydrogen-bond donors (Lipinski definition) is 0. The quantitative estimate of drug-likeness (QED) is 0.872. The lowest BCUT2D eigenvalue weighted by Crippen LogP contribution is -2.48. The van der Waals surface area contributed by atoms with Crippen LogP contribution in [0.2, 0.25) is 0 Å². The number of thiazole rings is 1. The molecule has 116 valence electrons. The molecule has 0 bridgehead atoms. The summed E-state index contributed by atoms with van der Waals surface area (Å²) in [5.74, 6) is 0.116. The van der Waals surface area contributed by atoms with Gasteiger partial charge in [0.05, 0.1) is 24.3 Å². The van der Waals surface area contributed by atoms with Crippen molar-refractivity contribution >= 4 is 17.2 Å². The van der Waals surface area contributed by atoms with E-state index in [1.165, 1.54) is 0 Å². The highest BCUT2D eigenvalue weighted by Gasteiger charge is 2.26.